The lowest BCUT2D eigenvalue weighted by molar-refractivity contribution is -0.139. The second kappa shape index (κ2) is 6.48. The lowest BCUT2D eigenvalue weighted by Crippen LogP contribution is -2.07. The van der Waals surface area contributed by atoms with E-state index in [9.17, 15) is 4.79 Å². The second-order valence-electron chi connectivity index (χ2n) is 3.57. The highest BCUT2D eigenvalue weighted by molar-refractivity contribution is 5.92. The van der Waals surface area contributed by atoms with Gasteiger partial charge in [-0.1, -0.05) is 55.6 Å². The van der Waals surface area contributed by atoms with E-state index in [0.29, 0.717) is 5.57 Å². The fourth-order valence-corrected chi connectivity index (χ4v) is 1.32. The first-order chi connectivity index (χ1) is 8.19. The summed E-state index contributed by atoms with van der Waals surface area (Å²) < 4.78 is 5.19. The molecule has 2 heteroatoms. The van der Waals surface area contributed by atoms with Gasteiger partial charge in [-0.2, -0.15) is 0 Å². The number of hydrogen-bond acceptors (Lipinski definition) is 2. The summed E-state index contributed by atoms with van der Waals surface area (Å²) >= 11 is 0. The molecule has 0 bridgehead atoms. The highest BCUT2D eigenvalue weighted by Crippen LogP contribution is 2.10. The van der Waals surface area contributed by atoms with Crippen LogP contribution < -0.4 is 0 Å². The van der Waals surface area contributed by atoms with Crippen molar-refractivity contribution in [2.24, 2.45) is 0 Å². The second-order valence-corrected chi connectivity index (χ2v) is 3.57. The molecule has 0 radical (unpaired) electrons. The van der Waals surface area contributed by atoms with Gasteiger partial charge in [0.25, 0.3) is 0 Å². The molecule has 0 aliphatic carbocycles. The normalized spacial score (nSPS) is 11.4. The maximum Gasteiger partial charge on any atom is 0.338 e. The first-order valence-electron chi connectivity index (χ1n) is 5.36. The van der Waals surface area contributed by atoms with Gasteiger partial charge in [0.05, 0.1) is 5.57 Å². The van der Waals surface area contributed by atoms with Crippen LogP contribution in [0, 0.1) is 0 Å². The number of benzene rings is 1. The smallest absolute Gasteiger partial charge is 0.338 e. The van der Waals surface area contributed by atoms with Crippen molar-refractivity contribution in [3.05, 3.63) is 72.4 Å². The number of allylic oxidation sites excluding steroid dienone is 2. The lowest BCUT2D eigenvalue weighted by atomic mass is 10.1. The number of hydrogen-bond donors (Lipinski definition) is 0. The van der Waals surface area contributed by atoms with Crippen molar-refractivity contribution in [3.63, 3.8) is 0 Å². The highest BCUT2D eigenvalue weighted by Gasteiger charge is 2.09. The Morgan fingerprint density at radius 1 is 1.24 bits per heavy atom. The van der Waals surface area contributed by atoms with Crippen LogP contribution in [0.5, 0.6) is 0 Å². The van der Waals surface area contributed by atoms with E-state index < -0.39 is 0 Å². The predicted molar refractivity (Wildman–Crippen MR) is 69.3 cm³/mol. The fourth-order valence-electron chi connectivity index (χ4n) is 1.32. The van der Waals surface area contributed by atoms with Gasteiger partial charge in [0.1, 0.15) is 6.61 Å². The lowest BCUT2D eigenvalue weighted by Gasteiger charge is -2.06. The third-order valence-corrected chi connectivity index (χ3v) is 2.37. The van der Waals surface area contributed by atoms with Crippen molar-refractivity contribution in [1.29, 1.82) is 0 Å². The molecule has 1 rings (SSSR count). The van der Waals surface area contributed by atoms with Gasteiger partial charge in [-0.05, 0) is 18.1 Å². The molecular weight excluding hydrogens is 212 g/mol. The van der Waals surface area contributed by atoms with E-state index in [4.69, 9.17) is 4.74 Å². The van der Waals surface area contributed by atoms with Crippen molar-refractivity contribution in [2.45, 2.75) is 13.5 Å². The minimum absolute atomic E-state index is 0.265. The Kier molecular flexibility index (Phi) is 4.95. The Morgan fingerprint density at radius 3 is 2.41 bits per heavy atom. The van der Waals surface area contributed by atoms with Crippen LogP contribution in [0.25, 0.3) is 0 Å². The average Bonchev–Trinajstić information content (AvgIpc) is 2.38. The molecule has 1 aromatic rings. The van der Waals surface area contributed by atoms with Gasteiger partial charge in [-0.3, -0.25) is 0 Å². The van der Waals surface area contributed by atoms with Gasteiger partial charge in [-0.25, -0.2) is 4.79 Å². The van der Waals surface area contributed by atoms with Crippen molar-refractivity contribution < 1.29 is 9.53 Å². The molecular formula is C15H16O2. The summed E-state index contributed by atoms with van der Waals surface area (Å²) in [7, 11) is 0. The van der Waals surface area contributed by atoms with E-state index >= 15 is 0 Å². The van der Waals surface area contributed by atoms with E-state index in [1.807, 2.05) is 30.3 Å². The van der Waals surface area contributed by atoms with Crippen molar-refractivity contribution in [3.8, 4) is 0 Å². The minimum atomic E-state index is -0.374. The van der Waals surface area contributed by atoms with E-state index in [1.165, 1.54) is 6.08 Å². The molecule has 1 aromatic carbocycles. The quantitative estimate of drug-likeness (QED) is 0.438. The summed E-state index contributed by atoms with van der Waals surface area (Å²) in [5.41, 5.74) is 2.18. The van der Waals surface area contributed by atoms with Gasteiger partial charge in [0.15, 0.2) is 0 Å². The Balaban J connectivity index is 2.67. The summed E-state index contributed by atoms with van der Waals surface area (Å²) in [5.74, 6) is -0.374. The number of rotatable bonds is 5. The highest BCUT2D eigenvalue weighted by atomic mass is 16.5. The number of ether oxygens (including phenoxy) is 1. The maximum atomic E-state index is 11.7. The molecule has 88 valence electrons. The van der Waals surface area contributed by atoms with E-state index in [0.717, 1.165) is 11.1 Å². The topological polar surface area (TPSA) is 26.3 Å². The summed E-state index contributed by atoms with van der Waals surface area (Å²) in [4.78, 5) is 11.7. The Morgan fingerprint density at radius 2 is 1.88 bits per heavy atom. The summed E-state index contributed by atoms with van der Waals surface area (Å²) in [6.45, 7) is 9.28. The number of carbonyl (C=O) groups is 1. The number of carbonyl (C=O) groups excluding carboxylic acids is 1. The third-order valence-electron chi connectivity index (χ3n) is 2.37. The minimum Gasteiger partial charge on any atom is -0.457 e. The SMILES string of the molecule is C=C/C(C)=C(\C=C)C(=O)OCc1ccccc1. The molecule has 17 heavy (non-hydrogen) atoms. The van der Waals surface area contributed by atoms with Crippen LogP contribution in [-0.2, 0) is 16.1 Å². The molecule has 0 saturated carbocycles. The van der Waals surface area contributed by atoms with Gasteiger partial charge in [0.2, 0.25) is 0 Å². The number of esters is 1. The molecule has 2 nitrogen and oxygen atoms in total. The van der Waals surface area contributed by atoms with Crippen LogP contribution in [0.3, 0.4) is 0 Å². The van der Waals surface area contributed by atoms with E-state index in [-0.39, 0.29) is 12.6 Å². The molecule has 0 fully saturated rings. The first kappa shape index (κ1) is 13.0. The molecule has 0 unspecified atom stereocenters. The maximum absolute atomic E-state index is 11.7. The average molecular weight is 228 g/mol. The summed E-state index contributed by atoms with van der Waals surface area (Å²) in [5, 5.41) is 0. The van der Waals surface area contributed by atoms with E-state index in [1.54, 1.807) is 13.0 Å². The van der Waals surface area contributed by atoms with Gasteiger partial charge >= 0.3 is 5.97 Å². The molecule has 0 aliphatic rings. The molecule has 0 atom stereocenters. The third kappa shape index (κ3) is 3.76. The Bertz CT molecular complexity index is 441. The van der Waals surface area contributed by atoms with Gasteiger partial charge in [-0.15, -0.1) is 0 Å². The van der Waals surface area contributed by atoms with Crippen LogP contribution in [0.15, 0.2) is 66.8 Å². The summed E-state index contributed by atoms with van der Waals surface area (Å²) in [6.07, 6.45) is 3.10. The zero-order chi connectivity index (χ0) is 12.7. The molecule has 0 N–H and O–H groups in total. The molecule has 0 heterocycles. The van der Waals surface area contributed by atoms with Crippen LogP contribution >= 0.6 is 0 Å². The Labute approximate surface area is 102 Å². The van der Waals surface area contributed by atoms with Gasteiger partial charge in [0, 0.05) is 0 Å². The van der Waals surface area contributed by atoms with Crippen molar-refractivity contribution in [2.75, 3.05) is 0 Å². The monoisotopic (exact) mass is 228 g/mol. The van der Waals surface area contributed by atoms with Crippen molar-refractivity contribution >= 4 is 5.97 Å². The zero-order valence-electron chi connectivity index (χ0n) is 9.98. The first-order valence-corrected chi connectivity index (χ1v) is 5.36. The molecule has 0 aliphatic heterocycles. The van der Waals surface area contributed by atoms with Gasteiger partial charge < -0.3 is 4.74 Å². The molecule has 0 spiro atoms. The van der Waals surface area contributed by atoms with Crippen LogP contribution in [-0.4, -0.2) is 5.97 Å². The largest absolute Gasteiger partial charge is 0.457 e. The Hall–Kier alpha value is -2.09. The standard InChI is InChI=1S/C15H16O2/c1-4-12(3)14(5-2)15(16)17-11-13-9-7-6-8-10-13/h4-10H,1-2,11H2,3H3/b14-12+. The molecule has 0 saturated heterocycles. The zero-order valence-corrected chi connectivity index (χ0v) is 9.98. The van der Waals surface area contributed by atoms with E-state index in [2.05, 4.69) is 13.2 Å². The van der Waals surface area contributed by atoms with Crippen molar-refractivity contribution in [1.82, 2.24) is 0 Å². The van der Waals surface area contributed by atoms with Crippen LogP contribution in [0.2, 0.25) is 0 Å². The fraction of sp³-hybridized carbons (Fsp3) is 0.133. The molecule has 0 aromatic heterocycles. The predicted octanol–water partition coefficient (Wildman–Crippen LogP) is 3.42. The molecule has 0 amide bonds. The van der Waals surface area contributed by atoms with Crippen LogP contribution in [0.1, 0.15) is 12.5 Å². The summed E-state index contributed by atoms with van der Waals surface area (Å²) in [6, 6.07) is 9.54. The van der Waals surface area contributed by atoms with Crippen LogP contribution in [0.4, 0.5) is 0 Å².